The Morgan fingerprint density at radius 1 is 1.50 bits per heavy atom. The summed E-state index contributed by atoms with van der Waals surface area (Å²) >= 11 is 0. The van der Waals surface area contributed by atoms with E-state index in [-0.39, 0.29) is 0 Å². The van der Waals surface area contributed by atoms with Gasteiger partial charge in [-0.15, -0.1) is 0 Å². The molecule has 0 amide bonds. The largest absolute Gasteiger partial charge is 0.371 e. The Morgan fingerprint density at radius 2 is 2.25 bits per heavy atom. The molecule has 68 valence electrons. The number of rotatable bonds is 6. The maximum Gasteiger partial charge on any atom is 0.0881 e. The highest BCUT2D eigenvalue weighted by molar-refractivity contribution is 5.66. The van der Waals surface area contributed by atoms with Gasteiger partial charge in [-0.3, -0.25) is 4.99 Å². The van der Waals surface area contributed by atoms with Crippen LogP contribution in [-0.4, -0.2) is 25.6 Å². The molecule has 0 aromatic carbocycles. The molecule has 0 aliphatic heterocycles. The first-order chi connectivity index (χ1) is 5.77. The maximum atomic E-state index is 4.19. The molecular weight excluding hydrogens is 150 g/mol. The zero-order chi connectivity index (χ0) is 9.23. The fourth-order valence-corrected chi connectivity index (χ4v) is 0.561. The molecule has 3 nitrogen and oxygen atoms in total. The number of aliphatic imine (C=N–C) groups is 2. The van der Waals surface area contributed by atoms with E-state index in [4.69, 9.17) is 0 Å². The highest BCUT2D eigenvalue weighted by atomic mass is 14.9. The first kappa shape index (κ1) is 10.9. The van der Waals surface area contributed by atoms with Crippen molar-refractivity contribution in [3.05, 3.63) is 12.8 Å². The molecule has 0 atom stereocenters. The van der Waals surface area contributed by atoms with Crippen molar-refractivity contribution in [2.45, 2.75) is 13.8 Å². The fourth-order valence-electron chi connectivity index (χ4n) is 0.561. The molecule has 0 aromatic rings. The van der Waals surface area contributed by atoms with Gasteiger partial charge in [-0.1, -0.05) is 20.4 Å². The molecule has 0 aliphatic carbocycles. The van der Waals surface area contributed by atoms with Gasteiger partial charge in [0.05, 0.1) is 12.9 Å². The van der Waals surface area contributed by atoms with Gasteiger partial charge in [0.25, 0.3) is 0 Å². The zero-order valence-electron chi connectivity index (χ0n) is 7.83. The van der Waals surface area contributed by atoms with Crippen molar-refractivity contribution in [3.63, 3.8) is 0 Å². The van der Waals surface area contributed by atoms with Crippen molar-refractivity contribution in [2.24, 2.45) is 15.9 Å². The van der Waals surface area contributed by atoms with Crippen molar-refractivity contribution >= 4 is 12.6 Å². The molecule has 0 heterocycles. The van der Waals surface area contributed by atoms with E-state index in [9.17, 15) is 0 Å². The van der Waals surface area contributed by atoms with Crippen molar-refractivity contribution in [1.29, 1.82) is 0 Å². The Labute approximate surface area is 74.3 Å². The van der Waals surface area contributed by atoms with E-state index in [1.54, 1.807) is 6.34 Å². The van der Waals surface area contributed by atoms with Gasteiger partial charge >= 0.3 is 0 Å². The van der Waals surface area contributed by atoms with E-state index >= 15 is 0 Å². The third kappa shape index (κ3) is 8.88. The van der Waals surface area contributed by atoms with Crippen molar-refractivity contribution in [3.8, 4) is 0 Å². The van der Waals surface area contributed by atoms with Crippen LogP contribution in [0.4, 0.5) is 0 Å². The Morgan fingerprint density at radius 3 is 2.83 bits per heavy atom. The average molecular weight is 167 g/mol. The Balaban J connectivity index is 3.24. The molecule has 0 rings (SSSR count). The molecule has 3 heteroatoms. The molecule has 0 spiro atoms. The average Bonchev–Trinajstić information content (AvgIpc) is 2.02. The van der Waals surface area contributed by atoms with Crippen LogP contribution in [0.5, 0.6) is 0 Å². The maximum absolute atomic E-state index is 4.19. The molecule has 0 fully saturated rings. The summed E-state index contributed by atoms with van der Waals surface area (Å²) in [4.78, 5) is 7.96. The Kier molecular flexibility index (Phi) is 7.24. The highest BCUT2D eigenvalue weighted by Gasteiger charge is 1.86. The van der Waals surface area contributed by atoms with Gasteiger partial charge < -0.3 is 5.32 Å². The van der Waals surface area contributed by atoms with E-state index in [0.29, 0.717) is 5.92 Å². The van der Waals surface area contributed by atoms with Crippen LogP contribution >= 0.6 is 0 Å². The quantitative estimate of drug-likeness (QED) is 0.363. The van der Waals surface area contributed by atoms with Crippen molar-refractivity contribution in [1.82, 2.24) is 5.32 Å². The molecule has 0 unspecified atom stereocenters. The SMILES string of the molecule is C=C/N=C/NC/C=N/CC(C)C. The van der Waals surface area contributed by atoms with Gasteiger partial charge in [0, 0.05) is 19.0 Å². The van der Waals surface area contributed by atoms with Crippen LogP contribution in [0.3, 0.4) is 0 Å². The third-order valence-corrected chi connectivity index (χ3v) is 1.08. The normalized spacial score (nSPS) is 11.6. The summed E-state index contributed by atoms with van der Waals surface area (Å²) in [6.45, 7) is 9.35. The summed E-state index contributed by atoms with van der Waals surface area (Å²) in [6, 6.07) is 0. The van der Waals surface area contributed by atoms with Gasteiger partial charge in [-0.2, -0.15) is 0 Å². The number of hydrogen-bond donors (Lipinski definition) is 1. The Bertz CT molecular complexity index is 159. The van der Waals surface area contributed by atoms with Gasteiger partial charge in [-0.05, 0) is 5.92 Å². The van der Waals surface area contributed by atoms with Crippen LogP contribution in [0.15, 0.2) is 22.8 Å². The minimum Gasteiger partial charge on any atom is -0.371 e. The second-order valence-corrected chi connectivity index (χ2v) is 2.81. The smallest absolute Gasteiger partial charge is 0.0881 e. The topological polar surface area (TPSA) is 36.8 Å². The number of nitrogens with zero attached hydrogens (tertiary/aromatic N) is 2. The molecule has 0 bridgehead atoms. The van der Waals surface area contributed by atoms with E-state index in [2.05, 4.69) is 35.7 Å². The fraction of sp³-hybridized carbons (Fsp3) is 0.556. The molecule has 0 aliphatic rings. The second-order valence-electron chi connectivity index (χ2n) is 2.81. The van der Waals surface area contributed by atoms with E-state index < -0.39 is 0 Å². The first-order valence-electron chi connectivity index (χ1n) is 4.11. The van der Waals surface area contributed by atoms with E-state index in [1.807, 2.05) is 6.21 Å². The lowest BCUT2D eigenvalue weighted by molar-refractivity contribution is 0.666. The van der Waals surface area contributed by atoms with Crippen LogP contribution in [0.1, 0.15) is 13.8 Å². The number of nitrogens with one attached hydrogen (secondary N) is 1. The predicted octanol–water partition coefficient (Wildman–Crippen LogP) is 1.47. The van der Waals surface area contributed by atoms with Gasteiger partial charge in [0.2, 0.25) is 0 Å². The summed E-state index contributed by atoms with van der Waals surface area (Å²) in [5.74, 6) is 0.628. The summed E-state index contributed by atoms with van der Waals surface area (Å²) in [6.07, 6.45) is 4.95. The lowest BCUT2D eigenvalue weighted by atomic mass is 10.2. The van der Waals surface area contributed by atoms with Crippen molar-refractivity contribution in [2.75, 3.05) is 13.1 Å². The molecule has 12 heavy (non-hydrogen) atoms. The van der Waals surface area contributed by atoms with Gasteiger partial charge in [0.1, 0.15) is 0 Å². The van der Waals surface area contributed by atoms with E-state index in [0.717, 1.165) is 13.1 Å². The molecule has 0 radical (unpaired) electrons. The summed E-state index contributed by atoms with van der Waals surface area (Å²) < 4.78 is 0. The predicted molar refractivity (Wildman–Crippen MR) is 54.9 cm³/mol. The van der Waals surface area contributed by atoms with Crippen LogP contribution in [0, 0.1) is 5.92 Å². The molecular formula is C9H17N3. The highest BCUT2D eigenvalue weighted by Crippen LogP contribution is 1.89. The summed E-state index contributed by atoms with van der Waals surface area (Å²) in [5.41, 5.74) is 0. The molecule has 0 saturated heterocycles. The van der Waals surface area contributed by atoms with Crippen LogP contribution in [-0.2, 0) is 0 Å². The monoisotopic (exact) mass is 167 g/mol. The third-order valence-electron chi connectivity index (χ3n) is 1.08. The van der Waals surface area contributed by atoms with Crippen LogP contribution < -0.4 is 5.32 Å². The molecule has 0 aromatic heterocycles. The van der Waals surface area contributed by atoms with E-state index in [1.165, 1.54) is 6.20 Å². The van der Waals surface area contributed by atoms with Gasteiger partial charge in [-0.25, -0.2) is 4.99 Å². The second kappa shape index (κ2) is 7.98. The lowest BCUT2D eigenvalue weighted by Gasteiger charge is -1.96. The lowest BCUT2D eigenvalue weighted by Crippen LogP contribution is -2.13. The standard InChI is InChI=1S/C9H17N3/c1-4-10-8-12-6-5-11-7-9(2)3/h4-5,8-9H,1,6-7H2,2-3H3,(H,10,12)/b11-5+. The minimum atomic E-state index is 0.628. The summed E-state index contributed by atoms with van der Waals surface area (Å²) in [7, 11) is 0. The van der Waals surface area contributed by atoms with Crippen LogP contribution in [0.2, 0.25) is 0 Å². The number of hydrogen-bond acceptors (Lipinski definition) is 2. The molecule has 1 N–H and O–H groups in total. The minimum absolute atomic E-state index is 0.628. The first-order valence-corrected chi connectivity index (χ1v) is 4.11. The van der Waals surface area contributed by atoms with Crippen molar-refractivity contribution < 1.29 is 0 Å². The molecule has 0 saturated carbocycles. The van der Waals surface area contributed by atoms with Crippen LogP contribution in [0.25, 0.3) is 0 Å². The summed E-state index contributed by atoms with van der Waals surface area (Å²) in [5, 5.41) is 2.95. The van der Waals surface area contributed by atoms with Gasteiger partial charge in [0.15, 0.2) is 0 Å². The Hall–Kier alpha value is -1.12. The zero-order valence-corrected chi connectivity index (χ0v) is 7.83.